The zero-order valence-corrected chi connectivity index (χ0v) is 22.1. The first-order valence-corrected chi connectivity index (χ1v) is 8.64. The molecule has 2 aliphatic carbocycles. The molecule has 0 aromatic carbocycles. The molecule has 12 heteroatoms. The molecule has 0 unspecified atom stereocenters. The molecule has 0 aliphatic heterocycles. The van der Waals surface area contributed by atoms with Crippen LogP contribution in [0, 0.1) is 102 Å². The summed E-state index contributed by atoms with van der Waals surface area (Å²) in [6.45, 7) is 24.5. The molecule has 0 saturated heterocycles. The van der Waals surface area contributed by atoms with Gasteiger partial charge in [-0.3, -0.25) is 0 Å². The van der Waals surface area contributed by atoms with Gasteiger partial charge in [0.05, 0.1) is 0 Å². The fraction of sp³-hybridized carbons (Fsp3) is 0.200. The monoisotopic (exact) mass is 604 g/mol. The third kappa shape index (κ3) is 57.0. The van der Waals surface area contributed by atoms with Gasteiger partial charge in [-0.2, -0.15) is 0 Å². The van der Waals surface area contributed by atoms with Crippen LogP contribution in [0.15, 0.2) is 0 Å². The quantitative estimate of drug-likeness (QED) is 0.263. The second-order valence-electron chi connectivity index (χ2n) is 4.59. The van der Waals surface area contributed by atoms with E-state index in [0.717, 1.165) is 0 Å². The van der Waals surface area contributed by atoms with Gasteiger partial charge in [0.1, 0.15) is 0 Å². The van der Waals surface area contributed by atoms with Crippen molar-refractivity contribution in [3.05, 3.63) is 97.5 Å². The van der Waals surface area contributed by atoms with Crippen molar-refractivity contribution in [1.82, 2.24) is 0 Å². The molecule has 0 aromatic rings. The molecule has 0 spiro atoms. The van der Waals surface area contributed by atoms with E-state index < -0.39 is 0 Å². The van der Waals surface area contributed by atoms with Crippen LogP contribution in [0.25, 0.3) is 0 Å². The van der Waals surface area contributed by atoms with Gasteiger partial charge in [-0.25, -0.2) is 0 Å². The average molecular weight is 600 g/mol. The fourth-order valence-electron chi connectivity index (χ4n) is 1.22. The van der Waals surface area contributed by atoms with Crippen LogP contribution in [0.5, 0.6) is 0 Å². The van der Waals surface area contributed by atoms with Crippen molar-refractivity contribution < 1.29 is 77.1 Å². The van der Waals surface area contributed by atoms with E-state index in [9.17, 15) is 0 Å². The van der Waals surface area contributed by atoms with Gasteiger partial charge in [0.15, 0.2) is 0 Å². The summed E-state index contributed by atoms with van der Waals surface area (Å²) in [5.74, 6) is 0. The Balaban J connectivity index is -0.0000000507. The van der Waals surface area contributed by atoms with Crippen molar-refractivity contribution in [3.8, 4) is 4.39 Å². The molecule has 0 amide bonds. The standard InChI is InChI=1S/C5H12B2N2O.2C5H5.5CO.2Mo/c1-8(2)6-7(10-5)9(3)4;2*1-2-4-5-3-1;5*1-2;;/h1-4H3;2*1-5H;;;;;;;/q;;;;;;;;;+1. The summed E-state index contributed by atoms with van der Waals surface area (Å²) in [6, 6.07) is 0. The topological polar surface area (TPSA) is 115 Å². The second-order valence-corrected chi connectivity index (χ2v) is 5.00. The minimum absolute atomic E-state index is 0. The first-order valence-electron chi connectivity index (χ1n) is 7.64. The molecular weight excluding hydrogens is 578 g/mol. The first kappa shape index (κ1) is 48.7. The summed E-state index contributed by atoms with van der Waals surface area (Å²) in [7, 11) is 7.86. The summed E-state index contributed by atoms with van der Waals surface area (Å²) in [5, 5.41) is 0. The van der Waals surface area contributed by atoms with Crippen LogP contribution < -0.4 is 0 Å². The van der Waals surface area contributed by atoms with E-state index >= 15 is 0 Å². The third-order valence-electron chi connectivity index (χ3n) is 2.21. The maximum Gasteiger partial charge on any atom is 0 e. The zero-order chi connectivity index (χ0) is 25.9. The van der Waals surface area contributed by atoms with E-state index in [2.05, 4.69) is 37.6 Å². The van der Waals surface area contributed by atoms with E-state index in [1.807, 2.05) is 108 Å². The van der Waals surface area contributed by atoms with Gasteiger partial charge in [0, 0.05) is 21.1 Å². The number of hydrogen-bond acceptors (Lipinski definition) is 1. The van der Waals surface area contributed by atoms with Crippen LogP contribution in [0.1, 0.15) is 0 Å². The number of rotatable bonds is 2. The predicted octanol–water partition coefficient (Wildman–Crippen LogP) is 1.00. The molecule has 165 valence electrons. The van der Waals surface area contributed by atoms with Gasteiger partial charge in [-0.1, -0.05) is 0 Å². The van der Waals surface area contributed by atoms with Crippen LogP contribution in [-0.2, 0) is 68.1 Å². The molecule has 0 heterocycles. The first-order chi connectivity index (χ1) is 15.1. The molecule has 8 nitrogen and oxygen atoms in total. The molecule has 0 bridgehead atoms. The molecule has 32 heavy (non-hydrogen) atoms. The molecule has 11 radical (unpaired) electrons. The summed E-state index contributed by atoms with van der Waals surface area (Å²) >= 11 is 1.68. The summed E-state index contributed by atoms with van der Waals surface area (Å²) in [4.78, 5) is 0. The van der Waals surface area contributed by atoms with Crippen molar-refractivity contribution in [3.63, 3.8) is 0 Å². The van der Waals surface area contributed by atoms with Gasteiger partial charge in [0.25, 0.3) is 0 Å². The summed E-state index contributed by atoms with van der Waals surface area (Å²) in [5.41, 5.74) is 0. The Morgan fingerprint density at radius 3 is 1.00 bits per heavy atom. The molecule has 0 aromatic heterocycles. The molecule has 2 saturated carbocycles. The summed E-state index contributed by atoms with van der Waals surface area (Å²) in [6.07, 6.45) is 20.0. The minimum Gasteiger partial charge on any atom is -0.0312 e. The SMILES string of the molecule is C[N+](C)=[B-][B-](O[C]#[Mo+])=[N+](C)C.[C-]#[O+].[C-]#[O+].[C-]#[O+].[C-]#[O+].[C-]#[O+].[CH]1[CH][CH][CH][CH]1.[CH]1[CH][CH][CH][CH]1.[Mo]. The molecule has 2 rings (SSSR count). The Labute approximate surface area is 219 Å². The zero-order valence-electron chi connectivity index (χ0n) is 18.1. The smallest absolute Gasteiger partial charge is 0 e. The van der Waals surface area contributed by atoms with Gasteiger partial charge < -0.3 is 0 Å². The molecule has 0 atom stereocenters. The van der Waals surface area contributed by atoms with Crippen LogP contribution in [-0.4, -0.2) is 50.7 Å². The Hall–Kier alpha value is -0.614. The predicted molar refractivity (Wildman–Crippen MR) is 103 cm³/mol. The Morgan fingerprint density at radius 1 is 0.656 bits per heavy atom. The van der Waals surface area contributed by atoms with Crippen molar-refractivity contribution in [2.24, 2.45) is 0 Å². The minimum atomic E-state index is -0.0160. The number of hydrogen-bond donors (Lipinski definition) is 0. The van der Waals surface area contributed by atoms with Crippen LogP contribution >= 0.6 is 0 Å². The van der Waals surface area contributed by atoms with Crippen molar-refractivity contribution in [2.45, 2.75) is 0 Å². The van der Waals surface area contributed by atoms with E-state index in [0.29, 0.717) is 0 Å². The third-order valence-corrected chi connectivity index (χ3v) is 2.45. The number of nitrogens with zero attached hydrogens (tertiary/aromatic N) is 2. The van der Waals surface area contributed by atoms with Crippen LogP contribution in [0.4, 0.5) is 0 Å². The van der Waals surface area contributed by atoms with Gasteiger partial charge in [0.2, 0.25) is 0 Å². The Bertz CT molecular complexity index is 507. The molecular formula is C20H22B2Mo2N2O6+. The normalized spacial score (nSPS) is 10.5. The Kier molecular flexibility index (Phi) is 87.4. The second kappa shape index (κ2) is 57.4. The fourth-order valence-corrected chi connectivity index (χ4v) is 1.46. The van der Waals surface area contributed by atoms with Gasteiger partial charge >= 0.3 is 135 Å². The largest absolute Gasteiger partial charge is 0.0312 e. The maximum atomic E-state index is 7.50. The van der Waals surface area contributed by atoms with Crippen molar-refractivity contribution in [1.29, 1.82) is 0 Å². The van der Waals surface area contributed by atoms with E-state index in [-0.39, 0.29) is 27.7 Å². The van der Waals surface area contributed by atoms with Gasteiger partial charge in [-0.05, 0) is 64.2 Å². The molecule has 2 aliphatic rings. The maximum absolute atomic E-state index is 7.50. The summed E-state index contributed by atoms with van der Waals surface area (Å²) < 4.78 is 49.3. The van der Waals surface area contributed by atoms with E-state index in [1.165, 1.54) is 0 Å². The van der Waals surface area contributed by atoms with Crippen LogP contribution in [0.3, 0.4) is 0 Å². The molecule has 0 N–H and O–H groups in total. The van der Waals surface area contributed by atoms with Crippen LogP contribution in [0.2, 0.25) is 0 Å². The molecule has 2 fully saturated rings. The Morgan fingerprint density at radius 2 is 0.875 bits per heavy atom. The van der Waals surface area contributed by atoms with E-state index in [4.69, 9.17) is 27.9 Å². The van der Waals surface area contributed by atoms with Crippen molar-refractivity contribution >= 4 is 13.6 Å². The van der Waals surface area contributed by atoms with Crippen molar-refractivity contribution in [2.75, 3.05) is 28.2 Å². The van der Waals surface area contributed by atoms with Gasteiger partial charge in [-0.15, -0.1) is 0 Å². The average Bonchev–Trinajstić information content (AvgIpc) is 3.59. The van der Waals surface area contributed by atoms with E-state index in [1.54, 1.807) is 19.2 Å².